The third kappa shape index (κ3) is 6.15. The topological polar surface area (TPSA) is 97.8 Å². The maximum absolute atomic E-state index is 13.5. The number of aliphatic hydroxyl groups excluding tert-OH is 1. The Balaban J connectivity index is 1.79. The Morgan fingerprint density at radius 1 is 0.927 bits per heavy atom. The van der Waals surface area contributed by atoms with Gasteiger partial charge in [0.15, 0.2) is 11.5 Å². The van der Waals surface area contributed by atoms with E-state index in [2.05, 4.69) is 0 Å². The molecule has 41 heavy (non-hydrogen) atoms. The van der Waals surface area contributed by atoms with Gasteiger partial charge in [-0.15, -0.1) is 0 Å². The van der Waals surface area contributed by atoms with Crippen LogP contribution in [0.3, 0.4) is 0 Å². The molecule has 1 atom stereocenters. The maximum Gasteiger partial charge on any atom is 0.295 e. The summed E-state index contributed by atoms with van der Waals surface area (Å²) in [6.45, 7) is 2.99. The number of nitrogens with zero attached hydrogens (tertiary/aromatic N) is 2. The van der Waals surface area contributed by atoms with Crippen LogP contribution in [0.25, 0.3) is 5.76 Å². The first-order valence-electron chi connectivity index (χ1n) is 13.2. The number of ketones is 1. The normalized spacial score (nSPS) is 16.3. The number of methoxy groups -OCH3 is 3. The molecule has 1 amide bonds. The second-order valence-electron chi connectivity index (χ2n) is 10.0. The van der Waals surface area contributed by atoms with Gasteiger partial charge in [0, 0.05) is 18.7 Å². The Morgan fingerprint density at radius 3 is 2.15 bits per heavy atom. The predicted octanol–water partition coefficient (Wildman–Crippen LogP) is 4.58. The number of aryl methyl sites for hydroxylation is 1. The van der Waals surface area contributed by atoms with Crippen LogP contribution in [0.2, 0.25) is 0 Å². The van der Waals surface area contributed by atoms with Crippen LogP contribution in [0.4, 0.5) is 0 Å². The molecule has 1 fully saturated rings. The van der Waals surface area contributed by atoms with Gasteiger partial charge >= 0.3 is 0 Å². The monoisotopic (exact) mass is 560 g/mol. The van der Waals surface area contributed by atoms with Crippen molar-refractivity contribution in [2.45, 2.75) is 19.6 Å². The van der Waals surface area contributed by atoms with Gasteiger partial charge in [0.2, 0.25) is 5.75 Å². The quantitative estimate of drug-likeness (QED) is 0.207. The first kappa shape index (κ1) is 29.5. The molecule has 1 N–H and O–H groups in total. The zero-order chi connectivity index (χ0) is 29.7. The van der Waals surface area contributed by atoms with Crippen LogP contribution in [-0.4, -0.2) is 75.1 Å². The van der Waals surface area contributed by atoms with E-state index in [4.69, 9.17) is 18.9 Å². The molecule has 4 rings (SSSR count). The SMILES string of the molecule is COc1cc([C@@H]2/C(=C(\O)c3ccc(OCc4ccccc4)cc3C)C(=O)C(=O)N2CCN(C)C)cc(OC)c1OC. The highest BCUT2D eigenvalue weighted by atomic mass is 16.5. The molecule has 0 saturated carbocycles. The van der Waals surface area contributed by atoms with E-state index in [0.717, 1.165) is 5.56 Å². The summed E-state index contributed by atoms with van der Waals surface area (Å²) in [5.74, 6) is 0.0340. The van der Waals surface area contributed by atoms with Crippen LogP contribution in [0.1, 0.15) is 28.3 Å². The molecule has 3 aromatic rings. The Hall–Kier alpha value is -4.50. The molecule has 1 saturated heterocycles. The minimum Gasteiger partial charge on any atom is -0.507 e. The van der Waals surface area contributed by atoms with Gasteiger partial charge in [0.05, 0.1) is 32.9 Å². The lowest BCUT2D eigenvalue weighted by molar-refractivity contribution is -0.140. The number of aliphatic hydroxyl groups is 1. The highest BCUT2D eigenvalue weighted by Gasteiger charge is 2.46. The minimum atomic E-state index is -0.878. The van der Waals surface area contributed by atoms with E-state index in [1.165, 1.54) is 26.2 Å². The van der Waals surface area contributed by atoms with Crippen LogP contribution in [-0.2, 0) is 16.2 Å². The fraction of sp³-hybridized carbons (Fsp3) is 0.312. The maximum atomic E-state index is 13.5. The van der Waals surface area contributed by atoms with Gasteiger partial charge < -0.3 is 33.9 Å². The molecule has 0 spiro atoms. The summed E-state index contributed by atoms with van der Waals surface area (Å²) in [6.07, 6.45) is 0. The number of likely N-dealkylation sites (tertiary alicyclic amines) is 1. The zero-order valence-electron chi connectivity index (χ0n) is 24.3. The van der Waals surface area contributed by atoms with E-state index < -0.39 is 17.7 Å². The van der Waals surface area contributed by atoms with Crippen molar-refractivity contribution in [1.29, 1.82) is 0 Å². The zero-order valence-corrected chi connectivity index (χ0v) is 24.3. The lowest BCUT2D eigenvalue weighted by Gasteiger charge is -2.27. The van der Waals surface area contributed by atoms with Crippen molar-refractivity contribution >= 4 is 17.4 Å². The summed E-state index contributed by atoms with van der Waals surface area (Å²) in [5, 5.41) is 11.6. The molecule has 0 bridgehead atoms. The molecular formula is C32H36N2O7. The van der Waals surface area contributed by atoms with E-state index in [-0.39, 0.29) is 17.9 Å². The highest BCUT2D eigenvalue weighted by Crippen LogP contribution is 2.46. The average Bonchev–Trinajstić information content (AvgIpc) is 3.23. The van der Waals surface area contributed by atoms with E-state index in [9.17, 15) is 14.7 Å². The number of Topliss-reactive ketones (excluding diaryl/α,β-unsaturated/α-hetero) is 1. The lowest BCUT2D eigenvalue weighted by atomic mass is 9.93. The molecule has 1 aliphatic heterocycles. The Morgan fingerprint density at radius 2 is 1.59 bits per heavy atom. The smallest absolute Gasteiger partial charge is 0.295 e. The molecule has 0 unspecified atom stereocenters. The van der Waals surface area contributed by atoms with Gasteiger partial charge in [-0.3, -0.25) is 9.59 Å². The number of carbonyl (C=O) groups is 2. The summed E-state index contributed by atoms with van der Waals surface area (Å²) in [4.78, 5) is 30.2. The summed E-state index contributed by atoms with van der Waals surface area (Å²) < 4.78 is 22.5. The van der Waals surface area contributed by atoms with Gasteiger partial charge in [-0.05, 0) is 68.0 Å². The largest absolute Gasteiger partial charge is 0.507 e. The molecule has 216 valence electrons. The van der Waals surface area contributed by atoms with Crippen LogP contribution >= 0.6 is 0 Å². The van der Waals surface area contributed by atoms with E-state index in [0.29, 0.717) is 52.8 Å². The molecule has 3 aromatic carbocycles. The number of ether oxygens (including phenoxy) is 4. The average molecular weight is 561 g/mol. The van der Waals surface area contributed by atoms with Crippen molar-refractivity contribution in [3.8, 4) is 23.0 Å². The molecule has 0 aromatic heterocycles. The third-order valence-corrected chi connectivity index (χ3v) is 7.03. The number of amides is 1. The number of hydrogen-bond donors (Lipinski definition) is 1. The number of hydrogen-bond acceptors (Lipinski definition) is 8. The molecule has 9 heteroatoms. The molecule has 1 aliphatic rings. The first-order valence-corrected chi connectivity index (χ1v) is 13.2. The summed E-state index contributed by atoms with van der Waals surface area (Å²) in [5.41, 5.74) is 2.68. The van der Waals surface area contributed by atoms with Gasteiger partial charge in [0.1, 0.15) is 18.1 Å². The number of likely N-dealkylation sites (N-methyl/N-ethyl adjacent to an activating group) is 1. The highest BCUT2D eigenvalue weighted by molar-refractivity contribution is 6.46. The predicted molar refractivity (Wildman–Crippen MR) is 156 cm³/mol. The lowest BCUT2D eigenvalue weighted by Crippen LogP contribution is -2.35. The van der Waals surface area contributed by atoms with Crippen LogP contribution in [0, 0.1) is 6.92 Å². The summed E-state index contributed by atoms with van der Waals surface area (Å²) in [6, 6.07) is 17.5. The Bertz CT molecular complexity index is 1420. The fourth-order valence-corrected chi connectivity index (χ4v) is 4.90. The van der Waals surface area contributed by atoms with Crippen LogP contribution in [0.15, 0.2) is 66.2 Å². The number of carbonyl (C=O) groups excluding carboxylic acids is 2. The Labute approximate surface area is 240 Å². The van der Waals surface area contributed by atoms with E-state index >= 15 is 0 Å². The summed E-state index contributed by atoms with van der Waals surface area (Å²) in [7, 11) is 8.26. The fourth-order valence-electron chi connectivity index (χ4n) is 4.90. The summed E-state index contributed by atoms with van der Waals surface area (Å²) >= 11 is 0. The standard InChI is InChI=1S/C32H36N2O7/c1-20-16-23(41-19-21-10-8-7-9-11-21)12-13-24(20)29(35)27-28(34(15-14-33(2)3)32(37)30(27)36)22-17-25(38-4)31(40-6)26(18-22)39-5/h7-13,16-18,28,35H,14-15,19H2,1-6H3/b29-27+/t28-/m1/s1. The number of benzene rings is 3. The van der Waals surface area contributed by atoms with E-state index in [1.807, 2.05) is 56.3 Å². The first-order chi connectivity index (χ1) is 19.7. The van der Waals surface area contributed by atoms with Crippen molar-refractivity contribution in [3.63, 3.8) is 0 Å². The minimum absolute atomic E-state index is 0.0101. The molecule has 0 aliphatic carbocycles. The Kier molecular flexibility index (Phi) is 9.19. The molecule has 0 radical (unpaired) electrons. The van der Waals surface area contributed by atoms with Crippen molar-refractivity contribution in [2.24, 2.45) is 0 Å². The second-order valence-corrected chi connectivity index (χ2v) is 10.0. The van der Waals surface area contributed by atoms with E-state index in [1.54, 1.807) is 30.3 Å². The van der Waals surface area contributed by atoms with Gasteiger partial charge in [-0.1, -0.05) is 30.3 Å². The molecular weight excluding hydrogens is 524 g/mol. The van der Waals surface area contributed by atoms with Crippen LogP contribution in [0.5, 0.6) is 23.0 Å². The molecule has 1 heterocycles. The third-order valence-electron chi connectivity index (χ3n) is 7.03. The van der Waals surface area contributed by atoms with Gasteiger partial charge in [-0.2, -0.15) is 0 Å². The van der Waals surface area contributed by atoms with Crippen molar-refractivity contribution < 1.29 is 33.6 Å². The van der Waals surface area contributed by atoms with Crippen molar-refractivity contribution in [2.75, 3.05) is 48.5 Å². The second kappa shape index (κ2) is 12.8. The van der Waals surface area contributed by atoms with Crippen molar-refractivity contribution in [3.05, 3.63) is 88.5 Å². The number of rotatable bonds is 11. The van der Waals surface area contributed by atoms with Crippen molar-refractivity contribution in [1.82, 2.24) is 9.80 Å². The van der Waals surface area contributed by atoms with Crippen LogP contribution < -0.4 is 18.9 Å². The van der Waals surface area contributed by atoms with Gasteiger partial charge in [0.25, 0.3) is 11.7 Å². The van der Waals surface area contributed by atoms with Gasteiger partial charge in [-0.25, -0.2) is 0 Å². The molecule has 9 nitrogen and oxygen atoms in total.